The minimum Gasteiger partial charge on any atom is -0.449 e. The number of hydrogen-bond donors (Lipinski definition) is 1. The van der Waals surface area contributed by atoms with E-state index in [9.17, 15) is 0 Å². The van der Waals surface area contributed by atoms with Gasteiger partial charge in [0.15, 0.2) is 4.67 Å². The lowest BCUT2D eigenvalue weighted by atomic mass is 10.1. The van der Waals surface area contributed by atoms with Crippen LogP contribution >= 0.6 is 31.9 Å². The maximum Gasteiger partial charge on any atom is 0.169 e. The molecule has 0 spiro atoms. The molecule has 0 saturated carbocycles. The fourth-order valence-electron chi connectivity index (χ4n) is 1.19. The molecule has 4 heteroatoms. The average Bonchev–Trinajstić information content (AvgIpc) is 2.51. The number of benzene rings is 1. The molecule has 0 amide bonds. The lowest BCUT2D eigenvalue weighted by Crippen LogP contribution is -1.85. The van der Waals surface area contributed by atoms with E-state index in [4.69, 9.17) is 10.2 Å². The molecule has 0 aliphatic rings. The summed E-state index contributed by atoms with van der Waals surface area (Å²) in [6.07, 6.45) is 0. The van der Waals surface area contributed by atoms with Crippen LogP contribution in [0, 0.1) is 0 Å². The van der Waals surface area contributed by atoms with E-state index in [1.165, 1.54) is 0 Å². The predicted octanol–water partition coefficient (Wildman–Crippen LogP) is 4.05. The minimum atomic E-state index is 0.719. The normalized spacial score (nSPS) is 10.4. The van der Waals surface area contributed by atoms with Crippen LogP contribution in [0.1, 0.15) is 0 Å². The molecule has 0 fully saturated rings. The van der Waals surface area contributed by atoms with E-state index in [2.05, 4.69) is 31.9 Å². The SMILES string of the molecule is Nc1ccc(-c2ccc(Br)o2)c(Br)c1. The van der Waals surface area contributed by atoms with E-state index in [1.807, 2.05) is 30.3 Å². The number of nitrogens with two attached hydrogens (primary N) is 1. The van der Waals surface area contributed by atoms with Crippen LogP contribution in [0.5, 0.6) is 0 Å². The molecule has 1 aromatic carbocycles. The second-order valence-corrected chi connectivity index (χ2v) is 4.48. The van der Waals surface area contributed by atoms with Crippen LogP contribution in [0.3, 0.4) is 0 Å². The number of nitrogen functional groups attached to an aromatic ring is 1. The lowest BCUT2D eigenvalue weighted by Gasteiger charge is -2.01. The summed E-state index contributed by atoms with van der Waals surface area (Å²) in [7, 11) is 0. The Kier molecular flexibility index (Phi) is 2.65. The van der Waals surface area contributed by atoms with Crippen molar-refractivity contribution < 1.29 is 4.42 Å². The van der Waals surface area contributed by atoms with Crippen LogP contribution in [0.25, 0.3) is 11.3 Å². The molecular formula is C10H7Br2NO. The molecule has 0 unspecified atom stereocenters. The van der Waals surface area contributed by atoms with Gasteiger partial charge in [-0.05, 0) is 62.2 Å². The summed E-state index contributed by atoms with van der Waals surface area (Å²) in [4.78, 5) is 0. The van der Waals surface area contributed by atoms with Crippen LogP contribution < -0.4 is 5.73 Å². The Morgan fingerprint density at radius 2 is 1.86 bits per heavy atom. The fourth-order valence-corrected chi connectivity index (χ4v) is 2.09. The van der Waals surface area contributed by atoms with E-state index in [0.29, 0.717) is 0 Å². The first-order valence-electron chi connectivity index (χ1n) is 3.97. The van der Waals surface area contributed by atoms with Crippen molar-refractivity contribution >= 4 is 37.5 Å². The average molecular weight is 317 g/mol. The maximum absolute atomic E-state index is 5.64. The Balaban J connectivity index is 2.52. The topological polar surface area (TPSA) is 39.2 Å². The number of rotatable bonds is 1. The second-order valence-electron chi connectivity index (χ2n) is 2.84. The molecule has 2 N–H and O–H groups in total. The van der Waals surface area contributed by atoms with Gasteiger partial charge < -0.3 is 10.2 Å². The quantitative estimate of drug-likeness (QED) is 0.806. The van der Waals surface area contributed by atoms with Crippen molar-refractivity contribution in [2.24, 2.45) is 0 Å². The van der Waals surface area contributed by atoms with Gasteiger partial charge in [0, 0.05) is 15.7 Å². The number of anilines is 1. The Hall–Kier alpha value is -0.740. The first kappa shape index (κ1) is 9.80. The molecule has 72 valence electrons. The second kappa shape index (κ2) is 3.79. The van der Waals surface area contributed by atoms with Crippen LogP contribution in [0.15, 0.2) is 43.9 Å². The summed E-state index contributed by atoms with van der Waals surface area (Å²) in [5, 5.41) is 0. The number of hydrogen-bond acceptors (Lipinski definition) is 2. The van der Waals surface area contributed by atoms with Crippen molar-refractivity contribution in [3.63, 3.8) is 0 Å². The van der Waals surface area contributed by atoms with Gasteiger partial charge in [0.25, 0.3) is 0 Å². The van der Waals surface area contributed by atoms with Gasteiger partial charge in [0.2, 0.25) is 0 Å². The minimum absolute atomic E-state index is 0.719. The highest BCUT2D eigenvalue weighted by molar-refractivity contribution is 9.10. The zero-order valence-corrected chi connectivity index (χ0v) is 10.3. The molecule has 2 rings (SSSR count). The standard InChI is InChI=1S/C10H7Br2NO/c11-8-5-6(13)1-2-7(8)9-3-4-10(12)14-9/h1-5H,13H2. The van der Waals surface area contributed by atoms with E-state index < -0.39 is 0 Å². The molecule has 1 aromatic heterocycles. The van der Waals surface area contributed by atoms with E-state index in [1.54, 1.807) is 0 Å². The predicted molar refractivity (Wildman–Crippen MR) is 64.0 cm³/mol. The van der Waals surface area contributed by atoms with Crippen molar-refractivity contribution in [2.75, 3.05) is 5.73 Å². The Labute approximate surface area is 98.4 Å². The van der Waals surface area contributed by atoms with Crippen LogP contribution in [0.4, 0.5) is 5.69 Å². The van der Waals surface area contributed by atoms with E-state index >= 15 is 0 Å². The molecule has 0 radical (unpaired) electrons. The van der Waals surface area contributed by atoms with Gasteiger partial charge >= 0.3 is 0 Å². The van der Waals surface area contributed by atoms with Gasteiger partial charge in [-0.1, -0.05) is 0 Å². The third-order valence-electron chi connectivity index (χ3n) is 1.83. The molecule has 1 heterocycles. The van der Waals surface area contributed by atoms with Gasteiger partial charge in [-0.25, -0.2) is 0 Å². The van der Waals surface area contributed by atoms with Crippen molar-refractivity contribution in [3.8, 4) is 11.3 Å². The first-order chi connectivity index (χ1) is 6.66. The van der Waals surface area contributed by atoms with E-state index in [-0.39, 0.29) is 0 Å². The van der Waals surface area contributed by atoms with Gasteiger partial charge in [0.05, 0.1) is 0 Å². The summed E-state index contributed by atoms with van der Waals surface area (Å²) in [5.41, 5.74) is 7.36. The molecular weight excluding hydrogens is 310 g/mol. The number of furan rings is 1. The van der Waals surface area contributed by atoms with Crippen LogP contribution in [0.2, 0.25) is 0 Å². The third kappa shape index (κ3) is 1.86. The molecule has 0 atom stereocenters. The Morgan fingerprint density at radius 1 is 1.07 bits per heavy atom. The van der Waals surface area contributed by atoms with Crippen molar-refractivity contribution in [1.82, 2.24) is 0 Å². The summed E-state index contributed by atoms with van der Waals surface area (Å²) in [5.74, 6) is 0.809. The molecule has 2 aromatic rings. The highest BCUT2D eigenvalue weighted by Crippen LogP contribution is 2.32. The summed E-state index contributed by atoms with van der Waals surface area (Å²) >= 11 is 6.70. The number of halogens is 2. The first-order valence-corrected chi connectivity index (χ1v) is 5.56. The van der Waals surface area contributed by atoms with Crippen LogP contribution in [-0.4, -0.2) is 0 Å². The van der Waals surface area contributed by atoms with Gasteiger partial charge in [-0.15, -0.1) is 0 Å². The van der Waals surface area contributed by atoms with Gasteiger partial charge in [-0.3, -0.25) is 0 Å². The van der Waals surface area contributed by atoms with Crippen molar-refractivity contribution in [2.45, 2.75) is 0 Å². The molecule has 0 bridgehead atoms. The molecule has 0 aliphatic heterocycles. The maximum atomic E-state index is 5.64. The monoisotopic (exact) mass is 315 g/mol. The third-order valence-corrected chi connectivity index (χ3v) is 2.91. The summed E-state index contributed by atoms with van der Waals surface area (Å²) in [6.45, 7) is 0. The van der Waals surface area contributed by atoms with Crippen LogP contribution in [-0.2, 0) is 0 Å². The molecule has 14 heavy (non-hydrogen) atoms. The molecule has 2 nitrogen and oxygen atoms in total. The van der Waals surface area contributed by atoms with E-state index in [0.717, 1.165) is 26.2 Å². The van der Waals surface area contributed by atoms with Crippen molar-refractivity contribution in [3.05, 3.63) is 39.5 Å². The Morgan fingerprint density at radius 3 is 2.43 bits per heavy atom. The summed E-state index contributed by atoms with van der Waals surface area (Å²) in [6, 6.07) is 9.38. The lowest BCUT2D eigenvalue weighted by molar-refractivity contribution is 0.555. The molecule has 0 aliphatic carbocycles. The van der Waals surface area contributed by atoms with Crippen molar-refractivity contribution in [1.29, 1.82) is 0 Å². The van der Waals surface area contributed by atoms with Gasteiger partial charge in [0.1, 0.15) is 5.76 Å². The summed E-state index contributed by atoms with van der Waals surface area (Å²) < 4.78 is 7.08. The largest absolute Gasteiger partial charge is 0.449 e. The smallest absolute Gasteiger partial charge is 0.169 e. The zero-order valence-electron chi connectivity index (χ0n) is 7.13. The Bertz CT molecular complexity index is 465. The highest BCUT2D eigenvalue weighted by Gasteiger charge is 2.07. The zero-order chi connectivity index (χ0) is 10.1. The fraction of sp³-hybridized carbons (Fsp3) is 0. The van der Waals surface area contributed by atoms with Gasteiger partial charge in [-0.2, -0.15) is 0 Å². The molecule has 0 saturated heterocycles. The highest BCUT2D eigenvalue weighted by atomic mass is 79.9.